The van der Waals surface area contributed by atoms with Gasteiger partial charge in [-0.3, -0.25) is 4.79 Å². The lowest BCUT2D eigenvalue weighted by Gasteiger charge is -2.17. The van der Waals surface area contributed by atoms with Gasteiger partial charge in [-0.05, 0) is 43.7 Å². The zero-order chi connectivity index (χ0) is 18.3. The van der Waals surface area contributed by atoms with Crippen molar-refractivity contribution in [2.45, 2.75) is 25.8 Å². The van der Waals surface area contributed by atoms with Crippen LogP contribution in [-0.4, -0.2) is 38.4 Å². The van der Waals surface area contributed by atoms with Crippen molar-refractivity contribution in [3.05, 3.63) is 59.6 Å². The largest absolute Gasteiger partial charge is 0.338 e. The molecule has 1 saturated heterocycles. The molecule has 0 saturated carbocycles. The fourth-order valence-electron chi connectivity index (χ4n) is 3.57. The van der Waals surface area contributed by atoms with Gasteiger partial charge in [-0.15, -0.1) is 0 Å². The summed E-state index contributed by atoms with van der Waals surface area (Å²) in [6.45, 7) is 3.85. The van der Waals surface area contributed by atoms with E-state index in [0.29, 0.717) is 13.1 Å². The summed E-state index contributed by atoms with van der Waals surface area (Å²) in [6, 6.07) is 7.04. The number of aromatic nitrogens is 3. The number of likely N-dealkylation sites (tertiary alicyclic amines) is 1. The molecule has 0 unspecified atom stereocenters. The number of imidazole rings is 1. The Labute approximate surface area is 149 Å². The number of fused-ring (bicyclic) bond motifs is 1. The maximum Gasteiger partial charge on any atom is 0.253 e. The third kappa shape index (κ3) is 2.73. The van der Waals surface area contributed by atoms with Gasteiger partial charge in [0.1, 0.15) is 11.3 Å². The Morgan fingerprint density at radius 2 is 2.12 bits per heavy atom. The van der Waals surface area contributed by atoms with Gasteiger partial charge in [0.15, 0.2) is 17.3 Å². The van der Waals surface area contributed by atoms with E-state index in [1.165, 1.54) is 6.07 Å². The van der Waals surface area contributed by atoms with Crippen LogP contribution in [0.2, 0.25) is 0 Å². The van der Waals surface area contributed by atoms with Gasteiger partial charge in [-0.2, -0.15) is 0 Å². The van der Waals surface area contributed by atoms with E-state index < -0.39 is 11.6 Å². The zero-order valence-electron chi connectivity index (χ0n) is 14.3. The number of benzene rings is 1. The molecule has 1 aliphatic rings. The number of rotatable bonds is 3. The van der Waals surface area contributed by atoms with Gasteiger partial charge in [0.25, 0.3) is 5.91 Å². The highest BCUT2D eigenvalue weighted by Crippen LogP contribution is 2.30. The minimum Gasteiger partial charge on any atom is -0.338 e. The minimum absolute atomic E-state index is 0.0957. The molecule has 0 radical (unpaired) electrons. The van der Waals surface area contributed by atoms with Crippen molar-refractivity contribution in [2.75, 3.05) is 13.1 Å². The third-order valence-corrected chi connectivity index (χ3v) is 4.86. The van der Waals surface area contributed by atoms with Gasteiger partial charge in [0.2, 0.25) is 0 Å². The van der Waals surface area contributed by atoms with Crippen LogP contribution in [0.5, 0.6) is 0 Å². The molecule has 3 aromatic rings. The molecule has 134 valence electrons. The normalized spacial score (nSPS) is 17.2. The topological polar surface area (TPSA) is 51.0 Å². The lowest BCUT2D eigenvalue weighted by Crippen LogP contribution is -2.28. The molecule has 4 rings (SSSR count). The first kappa shape index (κ1) is 16.6. The molecule has 1 atom stereocenters. The maximum absolute atomic E-state index is 13.4. The van der Waals surface area contributed by atoms with Crippen molar-refractivity contribution >= 4 is 17.1 Å². The van der Waals surface area contributed by atoms with Crippen LogP contribution in [-0.2, 0) is 6.54 Å². The molecule has 1 fully saturated rings. The van der Waals surface area contributed by atoms with Crippen LogP contribution in [0.15, 0.2) is 36.5 Å². The van der Waals surface area contributed by atoms with E-state index >= 15 is 0 Å². The number of hydrogen-bond acceptors (Lipinski definition) is 3. The van der Waals surface area contributed by atoms with E-state index in [1.807, 2.05) is 19.1 Å². The number of pyridine rings is 1. The van der Waals surface area contributed by atoms with Crippen molar-refractivity contribution in [1.29, 1.82) is 0 Å². The third-order valence-electron chi connectivity index (χ3n) is 4.86. The summed E-state index contributed by atoms with van der Waals surface area (Å²) in [5, 5.41) is 0. The van der Waals surface area contributed by atoms with Crippen LogP contribution < -0.4 is 0 Å². The van der Waals surface area contributed by atoms with Crippen LogP contribution >= 0.6 is 0 Å². The molecule has 0 bridgehead atoms. The molecule has 0 aliphatic carbocycles. The molecule has 0 spiro atoms. The average molecular weight is 356 g/mol. The fraction of sp³-hybridized carbons (Fsp3) is 0.316. The molecule has 5 nitrogen and oxygen atoms in total. The monoisotopic (exact) mass is 356 g/mol. The first-order valence-corrected chi connectivity index (χ1v) is 8.64. The van der Waals surface area contributed by atoms with E-state index in [2.05, 4.69) is 9.55 Å². The van der Waals surface area contributed by atoms with Gasteiger partial charge in [-0.25, -0.2) is 18.7 Å². The van der Waals surface area contributed by atoms with E-state index in [1.54, 1.807) is 11.1 Å². The summed E-state index contributed by atoms with van der Waals surface area (Å²) >= 11 is 0. The quantitative estimate of drug-likeness (QED) is 0.723. The van der Waals surface area contributed by atoms with Crippen molar-refractivity contribution in [1.82, 2.24) is 19.4 Å². The van der Waals surface area contributed by atoms with E-state index in [-0.39, 0.29) is 17.4 Å². The Morgan fingerprint density at radius 1 is 1.27 bits per heavy atom. The number of aryl methyl sites for hydroxylation is 1. The zero-order valence-corrected chi connectivity index (χ0v) is 14.3. The molecular formula is C19H18F2N4O. The molecule has 7 heteroatoms. The summed E-state index contributed by atoms with van der Waals surface area (Å²) in [4.78, 5) is 23.4. The van der Waals surface area contributed by atoms with Crippen molar-refractivity contribution in [3.8, 4) is 0 Å². The number of hydrogen-bond donors (Lipinski definition) is 0. The Morgan fingerprint density at radius 3 is 2.88 bits per heavy atom. The van der Waals surface area contributed by atoms with E-state index in [4.69, 9.17) is 4.98 Å². The first-order valence-electron chi connectivity index (χ1n) is 8.64. The highest BCUT2D eigenvalue weighted by molar-refractivity contribution is 5.94. The molecular weight excluding hydrogens is 338 g/mol. The van der Waals surface area contributed by atoms with E-state index in [9.17, 15) is 13.6 Å². The number of carbonyl (C=O) groups excluding carboxylic acids is 1. The lowest BCUT2D eigenvalue weighted by molar-refractivity contribution is 0.0790. The molecule has 2 aromatic heterocycles. The first-order chi connectivity index (χ1) is 12.6. The van der Waals surface area contributed by atoms with Gasteiger partial charge in [-0.1, -0.05) is 0 Å². The Hall–Kier alpha value is -2.83. The molecule has 1 aliphatic heterocycles. The summed E-state index contributed by atoms with van der Waals surface area (Å²) in [5.74, 6) is -1.24. The molecule has 1 aromatic carbocycles. The van der Waals surface area contributed by atoms with Crippen molar-refractivity contribution in [2.24, 2.45) is 0 Å². The SMILES string of the molecule is CCn1c([C@@H]2CCN(C(=O)c3ccc(F)c(F)c3)C2)nc2cccnc21. The van der Waals surface area contributed by atoms with Gasteiger partial charge < -0.3 is 9.47 Å². The van der Waals surface area contributed by atoms with Crippen molar-refractivity contribution in [3.63, 3.8) is 0 Å². The standard InChI is InChI=1S/C19H18F2N4O/c1-2-25-17(23-16-4-3-8-22-18(16)25)13-7-9-24(11-13)19(26)12-5-6-14(20)15(21)10-12/h3-6,8,10,13H,2,7,9,11H2,1H3/t13-/m1/s1. The second-order valence-electron chi connectivity index (χ2n) is 6.43. The van der Waals surface area contributed by atoms with Crippen LogP contribution in [0.4, 0.5) is 8.78 Å². The maximum atomic E-state index is 13.4. The second kappa shape index (κ2) is 6.48. The second-order valence-corrected chi connectivity index (χ2v) is 6.43. The highest BCUT2D eigenvalue weighted by atomic mass is 19.2. The Balaban J connectivity index is 1.59. The summed E-state index contributed by atoms with van der Waals surface area (Å²) < 4.78 is 28.6. The number of amides is 1. The van der Waals surface area contributed by atoms with Crippen LogP contribution in [0, 0.1) is 11.6 Å². The van der Waals surface area contributed by atoms with Gasteiger partial charge >= 0.3 is 0 Å². The molecule has 1 amide bonds. The van der Waals surface area contributed by atoms with E-state index in [0.717, 1.165) is 42.1 Å². The summed E-state index contributed by atoms with van der Waals surface area (Å²) in [6.07, 6.45) is 2.52. The van der Waals surface area contributed by atoms with Gasteiger partial charge in [0.05, 0.1) is 0 Å². The van der Waals surface area contributed by atoms with Crippen LogP contribution in [0.1, 0.15) is 35.4 Å². The molecule has 26 heavy (non-hydrogen) atoms. The van der Waals surface area contributed by atoms with Crippen molar-refractivity contribution < 1.29 is 13.6 Å². The molecule has 0 N–H and O–H groups in total. The highest BCUT2D eigenvalue weighted by Gasteiger charge is 2.31. The Bertz CT molecular complexity index is 985. The summed E-state index contributed by atoms with van der Waals surface area (Å²) in [5.41, 5.74) is 1.85. The Kier molecular flexibility index (Phi) is 4.14. The lowest BCUT2D eigenvalue weighted by atomic mass is 10.1. The van der Waals surface area contributed by atoms with Crippen LogP contribution in [0.25, 0.3) is 11.2 Å². The average Bonchev–Trinajstić information content (AvgIpc) is 3.27. The predicted molar refractivity (Wildman–Crippen MR) is 92.8 cm³/mol. The summed E-state index contributed by atoms with van der Waals surface area (Å²) in [7, 11) is 0. The van der Waals surface area contributed by atoms with Gasteiger partial charge in [0, 0.05) is 37.3 Å². The number of nitrogens with zero attached hydrogens (tertiary/aromatic N) is 4. The smallest absolute Gasteiger partial charge is 0.253 e. The minimum atomic E-state index is -1.01. The number of halogens is 2. The number of carbonyl (C=O) groups is 1. The predicted octanol–water partition coefficient (Wildman–Crippen LogP) is 3.36. The van der Waals surface area contributed by atoms with Crippen LogP contribution in [0.3, 0.4) is 0 Å². The molecule has 3 heterocycles. The fourth-order valence-corrected chi connectivity index (χ4v) is 3.57.